The number of H-pyrrole nitrogens is 3. The molecular formula is C45H31N5O3. The van der Waals surface area contributed by atoms with Crippen LogP contribution in [0.15, 0.2) is 174 Å². The number of aliphatic imine (C=N–C) groups is 2. The maximum absolute atomic E-state index is 12.9. The molecule has 2 amide bonds. The smallest absolute Gasteiger partial charge is 0.278 e. The van der Waals surface area contributed by atoms with Gasteiger partial charge in [-0.15, -0.1) is 0 Å². The average molecular weight is 690 g/mol. The lowest BCUT2D eigenvalue weighted by Gasteiger charge is -2.27. The summed E-state index contributed by atoms with van der Waals surface area (Å²) in [6, 6.07) is 48.3. The standard InChI is InChI=1S/C45H31N5O3/c51-40-27-24-36(49-40)42(29-14-6-2-7-15-29)34-21-20-33(46-34)41(28-12-4-1-5-13-28)35-22-25-38(47-35)45(53,30-16-8-3-9-17-30)39-26-23-37(48-39)43-31-18-10-11-19-32(31)44(52)50-43/h1-27,46-48,53H/b41-33-,42-34+. The van der Waals surface area contributed by atoms with E-state index in [0.29, 0.717) is 39.6 Å². The minimum atomic E-state index is -1.63. The highest BCUT2D eigenvalue weighted by Gasteiger charge is 2.38. The van der Waals surface area contributed by atoms with Gasteiger partial charge in [-0.25, -0.2) is 9.98 Å². The molecule has 0 radical (unpaired) electrons. The molecule has 5 heterocycles. The third-order valence-electron chi connectivity index (χ3n) is 9.71. The fraction of sp³-hybridized carbons (Fsp3) is 0.0222. The Morgan fingerprint density at radius 1 is 0.528 bits per heavy atom. The Bertz CT molecular complexity index is 2770. The number of allylic oxidation sites excluding steroid dienone is 1. The van der Waals surface area contributed by atoms with Crippen LogP contribution in [-0.2, 0) is 10.4 Å². The van der Waals surface area contributed by atoms with E-state index in [1.807, 2.05) is 146 Å². The quantitative estimate of drug-likeness (QED) is 0.158. The molecule has 9 rings (SSSR count). The Kier molecular flexibility index (Phi) is 7.72. The zero-order chi connectivity index (χ0) is 35.9. The van der Waals surface area contributed by atoms with Crippen molar-refractivity contribution >= 4 is 34.4 Å². The van der Waals surface area contributed by atoms with Crippen LogP contribution in [0.4, 0.5) is 0 Å². The Morgan fingerprint density at radius 2 is 1.11 bits per heavy atom. The van der Waals surface area contributed by atoms with Crippen LogP contribution in [0.3, 0.4) is 0 Å². The number of aliphatic hydroxyl groups is 1. The average Bonchev–Trinajstić information content (AvgIpc) is 4.06. The first-order valence-electron chi connectivity index (χ1n) is 17.2. The molecule has 2 aliphatic rings. The molecule has 3 aromatic heterocycles. The molecule has 2 aliphatic heterocycles. The van der Waals surface area contributed by atoms with Crippen LogP contribution >= 0.6 is 0 Å². The van der Waals surface area contributed by atoms with Gasteiger partial charge < -0.3 is 20.1 Å². The number of hydrogen-bond acceptors (Lipinski definition) is 3. The van der Waals surface area contributed by atoms with E-state index in [0.717, 1.165) is 44.2 Å². The molecule has 4 aromatic carbocycles. The Labute approximate surface area is 304 Å². The molecule has 53 heavy (non-hydrogen) atoms. The van der Waals surface area contributed by atoms with Crippen molar-refractivity contribution in [3.8, 4) is 0 Å². The summed E-state index contributed by atoms with van der Waals surface area (Å²) in [6.07, 6.45) is 3.22. The number of hydrogen-bond donors (Lipinski definition) is 4. The second-order valence-electron chi connectivity index (χ2n) is 12.9. The summed E-state index contributed by atoms with van der Waals surface area (Å²) in [6.45, 7) is 0. The van der Waals surface area contributed by atoms with E-state index >= 15 is 0 Å². The number of nitrogens with one attached hydrogen (secondary N) is 3. The summed E-state index contributed by atoms with van der Waals surface area (Å²) in [5.41, 5.74) is 7.49. The highest BCUT2D eigenvalue weighted by atomic mass is 16.3. The predicted octanol–water partition coefficient (Wildman–Crippen LogP) is 5.93. The molecule has 8 heteroatoms. The fourth-order valence-corrected chi connectivity index (χ4v) is 7.21. The normalized spacial score (nSPS) is 15.9. The van der Waals surface area contributed by atoms with Crippen molar-refractivity contribution in [1.29, 1.82) is 0 Å². The summed E-state index contributed by atoms with van der Waals surface area (Å²) >= 11 is 0. The number of carbonyl (C=O) groups is 2. The molecule has 4 N–H and O–H groups in total. The molecule has 254 valence electrons. The summed E-state index contributed by atoms with van der Waals surface area (Å²) in [4.78, 5) is 44.1. The largest absolute Gasteiger partial charge is 0.373 e. The molecule has 0 bridgehead atoms. The molecule has 0 aliphatic carbocycles. The number of rotatable bonds is 8. The number of carbonyl (C=O) groups excluding carboxylic acids is 2. The van der Waals surface area contributed by atoms with E-state index in [2.05, 4.69) is 24.9 Å². The van der Waals surface area contributed by atoms with Gasteiger partial charge in [0.15, 0.2) is 5.60 Å². The van der Waals surface area contributed by atoms with Gasteiger partial charge in [0.1, 0.15) is 0 Å². The van der Waals surface area contributed by atoms with Crippen molar-refractivity contribution in [1.82, 2.24) is 15.0 Å². The highest BCUT2D eigenvalue weighted by Crippen LogP contribution is 2.37. The number of benzene rings is 4. The van der Waals surface area contributed by atoms with Gasteiger partial charge in [-0.1, -0.05) is 109 Å². The SMILES string of the molecule is O=C1C=CC(/C(c2ccccc2)=c2\cc/c(=C(\c3ccccc3)c3ccc(C(O)(c4ccccc4)c4ccc(C5=NC(=O)c6ccccc65)[nH]4)[nH]3)[nH]2)=N1. The first-order valence-corrected chi connectivity index (χ1v) is 17.2. The molecule has 0 saturated carbocycles. The zero-order valence-corrected chi connectivity index (χ0v) is 28.2. The van der Waals surface area contributed by atoms with E-state index in [9.17, 15) is 14.7 Å². The topological polar surface area (TPSA) is 126 Å². The molecule has 8 nitrogen and oxygen atoms in total. The van der Waals surface area contributed by atoms with Crippen molar-refractivity contribution in [3.05, 3.63) is 225 Å². The Morgan fingerprint density at radius 3 is 1.79 bits per heavy atom. The molecule has 7 aromatic rings. The third-order valence-corrected chi connectivity index (χ3v) is 9.71. The molecule has 1 atom stereocenters. The molecular weight excluding hydrogens is 659 g/mol. The van der Waals surface area contributed by atoms with Gasteiger partial charge in [0.05, 0.1) is 34.1 Å². The van der Waals surface area contributed by atoms with E-state index < -0.39 is 5.60 Å². The van der Waals surface area contributed by atoms with Gasteiger partial charge >= 0.3 is 0 Å². The second-order valence-corrected chi connectivity index (χ2v) is 12.9. The summed E-state index contributed by atoms with van der Waals surface area (Å²) in [7, 11) is 0. The monoisotopic (exact) mass is 689 g/mol. The number of aromatic amines is 3. The van der Waals surface area contributed by atoms with Crippen molar-refractivity contribution < 1.29 is 14.7 Å². The Balaban J connectivity index is 1.21. The van der Waals surface area contributed by atoms with E-state index in [1.165, 1.54) is 6.08 Å². The predicted molar refractivity (Wildman–Crippen MR) is 205 cm³/mol. The van der Waals surface area contributed by atoms with Crippen molar-refractivity contribution in [2.45, 2.75) is 5.60 Å². The van der Waals surface area contributed by atoms with Gasteiger partial charge in [0.2, 0.25) is 0 Å². The first-order chi connectivity index (χ1) is 26.0. The summed E-state index contributed by atoms with van der Waals surface area (Å²) < 4.78 is 0. The summed E-state index contributed by atoms with van der Waals surface area (Å²) in [5, 5.41) is 14.5. The van der Waals surface area contributed by atoms with Crippen LogP contribution in [0.2, 0.25) is 0 Å². The lowest BCUT2D eigenvalue weighted by molar-refractivity contribution is -0.113. The van der Waals surface area contributed by atoms with Crippen LogP contribution < -0.4 is 10.7 Å². The number of nitrogens with zero attached hydrogens (tertiary/aromatic N) is 2. The van der Waals surface area contributed by atoms with Crippen molar-refractivity contribution in [2.24, 2.45) is 9.98 Å². The second kappa shape index (κ2) is 12.9. The van der Waals surface area contributed by atoms with Crippen LogP contribution in [0.5, 0.6) is 0 Å². The Hall–Kier alpha value is -7.16. The van der Waals surface area contributed by atoms with Crippen LogP contribution in [0.1, 0.15) is 55.4 Å². The molecule has 0 spiro atoms. The van der Waals surface area contributed by atoms with Gasteiger partial charge in [0, 0.05) is 39.2 Å². The lowest BCUT2D eigenvalue weighted by atomic mass is 9.87. The van der Waals surface area contributed by atoms with Crippen LogP contribution in [-0.4, -0.2) is 43.3 Å². The van der Waals surface area contributed by atoms with Gasteiger partial charge in [-0.3, -0.25) is 9.59 Å². The molecule has 0 fully saturated rings. The number of amides is 2. The summed E-state index contributed by atoms with van der Waals surface area (Å²) in [5.74, 6) is -0.574. The van der Waals surface area contributed by atoms with E-state index in [4.69, 9.17) is 0 Å². The van der Waals surface area contributed by atoms with Crippen LogP contribution in [0, 0.1) is 0 Å². The van der Waals surface area contributed by atoms with Gasteiger partial charge in [-0.05, 0) is 65.2 Å². The van der Waals surface area contributed by atoms with E-state index in [1.54, 1.807) is 12.1 Å². The lowest BCUT2D eigenvalue weighted by Crippen LogP contribution is -2.30. The van der Waals surface area contributed by atoms with Crippen molar-refractivity contribution in [3.63, 3.8) is 0 Å². The van der Waals surface area contributed by atoms with Crippen molar-refractivity contribution in [2.75, 3.05) is 0 Å². The van der Waals surface area contributed by atoms with Crippen LogP contribution in [0.25, 0.3) is 11.1 Å². The molecule has 0 saturated heterocycles. The number of fused-ring (bicyclic) bond motifs is 1. The highest BCUT2D eigenvalue weighted by molar-refractivity contribution is 6.34. The maximum atomic E-state index is 12.9. The minimum absolute atomic E-state index is 0.287. The fourth-order valence-electron chi connectivity index (χ4n) is 7.21. The first kappa shape index (κ1) is 31.8. The minimum Gasteiger partial charge on any atom is -0.373 e. The molecule has 1 unspecified atom stereocenters. The third kappa shape index (κ3) is 5.54. The van der Waals surface area contributed by atoms with Gasteiger partial charge in [-0.2, -0.15) is 0 Å². The zero-order valence-electron chi connectivity index (χ0n) is 28.2. The van der Waals surface area contributed by atoms with Gasteiger partial charge in [0.25, 0.3) is 11.8 Å². The van der Waals surface area contributed by atoms with E-state index in [-0.39, 0.29) is 11.8 Å². The maximum Gasteiger partial charge on any atom is 0.278 e. The number of aromatic nitrogens is 3.